The first-order valence-corrected chi connectivity index (χ1v) is 7.51. The van der Waals surface area contributed by atoms with E-state index in [1.54, 1.807) is 0 Å². The summed E-state index contributed by atoms with van der Waals surface area (Å²) in [7, 11) is 0. The van der Waals surface area contributed by atoms with Crippen LogP contribution in [0.2, 0.25) is 0 Å². The molecule has 0 fully saturated rings. The van der Waals surface area contributed by atoms with Crippen LogP contribution in [0, 0.1) is 5.92 Å². The lowest BCUT2D eigenvalue weighted by Gasteiger charge is -2.18. The van der Waals surface area contributed by atoms with Crippen molar-refractivity contribution in [2.45, 2.75) is 39.2 Å². The van der Waals surface area contributed by atoms with Crippen molar-refractivity contribution in [2.75, 3.05) is 0 Å². The zero-order valence-corrected chi connectivity index (χ0v) is 12.4. The minimum Gasteiger partial charge on any atom is -0.388 e. The molecule has 0 amide bonds. The molecule has 2 unspecified atom stereocenters. The number of hydrogen-bond acceptors (Lipinski definition) is 1. The summed E-state index contributed by atoms with van der Waals surface area (Å²) >= 11 is 0. The van der Waals surface area contributed by atoms with E-state index >= 15 is 0 Å². The van der Waals surface area contributed by atoms with Crippen LogP contribution in [0.4, 0.5) is 0 Å². The Bertz CT molecular complexity index is 501. The molecule has 2 aromatic rings. The highest BCUT2D eigenvalue weighted by molar-refractivity contribution is 5.29. The summed E-state index contributed by atoms with van der Waals surface area (Å²) in [5.41, 5.74) is 3.64. The fourth-order valence-corrected chi connectivity index (χ4v) is 2.61. The standard InChI is InChI=1S/C19H24O/c1-3-7-15(2)19(20)18-12-10-17(11-13-18)14-16-8-5-4-6-9-16/h4-6,8-13,15,19-20H,3,7,14H2,1-2H3. The third-order valence-corrected chi connectivity index (χ3v) is 3.86. The van der Waals surface area contributed by atoms with Crippen molar-refractivity contribution in [2.24, 2.45) is 5.92 Å². The van der Waals surface area contributed by atoms with Crippen molar-refractivity contribution >= 4 is 0 Å². The number of rotatable bonds is 6. The topological polar surface area (TPSA) is 20.2 Å². The van der Waals surface area contributed by atoms with Gasteiger partial charge in [-0.15, -0.1) is 0 Å². The molecule has 0 radical (unpaired) electrons. The van der Waals surface area contributed by atoms with Gasteiger partial charge in [0.2, 0.25) is 0 Å². The average Bonchev–Trinajstić information content (AvgIpc) is 2.48. The molecule has 0 bridgehead atoms. The first-order valence-electron chi connectivity index (χ1n) is 7.51. The van der Waals surface area contributed by atoms with Crippen molar-refractivity contribution < 1.29 is 5.11 Å². The molecule has 1 N–H and O–H groups in total. The zero-order valence-electron chi connectivity index (χ0n) is 12.4. The van der Waals surface area contributed by atoms with Crippen LogP contribution in [0.1, 0.15) is 49.5 Å². The van der Waals surface area contributed by atoms with Gasteiger partial charge in [0.25, 0.3) is 0 Å². The van der Waals surface area contributed by atoms with Crippen LogP contribution >= 0.6 is 0 Å². The van der Waals surface area contributed by atoms with Gasteiger partial charge in [0.1, 0.15) is 0 Å². The van der Waals surface area contributed by atoms with E-state index in [1.165, 1.54) is 11.1 Å². The maximum Gasteiger partial charge on any atom is 0.0815 e. The van der Waals surface area contributed by atoms with E-state index in [0.717, 1.165) is 24.8 Å². The number of benzene rings is 2. The van der Waals surface area contributed by atoms with Crippen molar-refractivity contribution in [1.29, 1.82) is 0 Å². The van der Waals surface area contributed by atoms with E-state index in [-0.39, 0.29) is 6.10 Å². The minimum absolute atomic E-state index is 0.319. The van der Waals surface area contributed by atoms with Crippen molar-refractivity contribution in [3.63, 3.8) is 0 Å². The fraction of sp³-hybridized carbons (Fsp3) is 0.368. The number of aliphatic hydroxyl groups excluding tert-OH is 1. The van der Waals surface area contributed by atoms with Gasteiger partial charge >= 0.3 is 0 Å². The Balaban J connectivity index is 2.03. The van der Waals surface area contributed by atoms with E-state index in [1.807, 2.05) is 6.07 Å². The molecule has 0 heterocycles. The second-order valence-corrected chi connectivity index (χ2v) is 5.61. The molecule has 0 saturated carbocycles. The lowest BCUT2D eigenvalue weighted by Crippen LogP contribution is -2.08. The highest BCUT2D eigenvalue weighted by Crippen LogP contribution is 2.25. The monoisotopic (exact) mass is 268 g/mol. The van der Waals surface area contributed by atoms with E-state index in [0.29, 0.717) is 5.92 Å². The summed E-state index contributed by atoms with van der Waals surface area (Å²) in [4.78, 5) is 0. The molecular formula is C19H24O. The number of aliphatic hydroxyl groups is 1. The summed E-state index contributed by atoms with van der Waals surface area (Å²) in [6, 6.07) is 18.9. The summed E-state index contributed by atoms with van der Waals surface area (Å²) in [6.45, 7) is 4.28. The van der Waals surface area contributed by atoms with Crippen molar-refractivity contribution in [1.82, 2.24) is 0 Å². The van der Waals surface area contributed by atoms with Crippen molar-refractivity contribution in [3.05, 3.63) is 71.3 Å². The first kappa shape index (κ1) is 14.8. The molecule has 1 nitrogen and oxygen atoms in total. The molecule has 2 rings (SSSR count). The lowest BCUT2D eigenvalue weighted by atomic mass is 9.92. The smallest absolute Gasteiger partial charge is 0.0815 e. The molecule has 1 heteroatoms. The lowest BCUT2D eigenvalue weighted by molar-refractivity contribution is 0.112. The van der Waals surface area contributed by atoms with Crippen LogP contribution in [0.5, 0.6) is 0 Å². The van der Waals surface area contributed by atoms with E-state index < -0.39 is 0 Å². The Morgan fingerprint density at radius 2 is 1.50 bits per heavy atom. The Morgan fingerprint density at radius 1 is 0.900 bits per heavy atom. The van der Waals surface area contributed by atoms with Crippen LogP contribution in [-0.4, -0.2) is 5.11 Å². The molecule has 0 spiro atoms. The molecule has 2 atom stereocenters. The molecular weight excluding hydrogens is 244 g/mol. The van der Waals surface area contributed by atoms with Gasteiger partial charge in [-0.1, -0.05) is 74.9 Å². The second kappa shape index (κ2) is 7.25. The molecule has 20 heavy (non-hydrogen) atoms. The van der Waals surface area contributed by atoms with Gasteiger partial charge in [0.05, 0.1) is 6.10 Å². The van der Waals surface area contributed by atoms with E-state index in [9.17, 15) is 5.11 Å². The van der Waals surface area contributed by atoms with Gasteiger partial charge in [-0.2, -0.15) is 0 Å². The highest BCUT2D eigenvalue weighted by Gasteiger charge is 2.15. The van der Waals surface area contributed by atoms with Crippen LogP contribution in [0.15, 0.2) is 54.6 Å². The summed E-state index contributed by atoms with van der Waals surface area (Å²) < 4.78 is 0. The van der Waals surface area contributed by atoms with Gasteiger partial charge in [-0.05, 0) is 35.4 Å². The van der Waals surface area contributed by atoms with Gasteiger partial charge in [-0.3, -0.25) is 0 Å². The molecule has 0 saturated heterocycles. The first-order chi connectivity index (χ1) is 9.70. The van der Waals surface area contributed by atoms with Gasteiger partial charge < -0.3 is 5.11 Å². The average molecular weight is 268 g/mol. The predicted octanol–water partition coefficient (Wildman–Crippen LogP) is 4.75. The van der Waals surface area contributed by atoms with E-state index in [4.69, 9.17) is 0 Å². The van der Waals surface area contributed by atoms with Gasteiger partial charge in [0, 0.05) is 0 Å². The SMILES string of the molecule is CCCC(C)C(O)c1ccc(Cc2ccccc2)cc1. The maximum atomic E-state index is 10.3. The molecule has 2 aromatic carbocycles. The molecule has 0 aliphatic rings. The third kappa shape index (κ3) is 3.94. The zero-order chi connectivity index (χ0) is 14.4. The molecule has 0 aliphatic carbocycles. The maximum absolute atomic E-state index is 10.3. The summed E-state index contributed by atoms with van der Waals surface area (Å²) in [5.74, 6) is 0.319. The normalized spacial score (nSPS) is 13.9. The Labute approximate surface area is 122 Å². The van der Waals surface area contributed by atoms with Crippen LogP contribution in [0.3, 0.4) is 0 Å². The largest absolute Gasteiger partial charge is 0.388 e. The predicted molar refractivity (Wildman–Crippen MR) is 84.7 cm³/mol. The minimum atomic E-state index is -0.347. The van der Waals surface area contributed by atoms with Gasteiger partial charge in [-0.25, -0.2) is 0 Å². The molecule has 106 valence electrons. The Kier molecular flexibility index (Phi) is 5.37. The fourth-order valence-electron chi connectivity index (χ4n) is 2.61. The summed E-state index contributed by atoms with van der Waals surface area (Å²) in [6.07, 6.45) is 2.78. The highest BCUT2D eigenvalue weighted by atomic mass is 16.3. The van der Waals surface area contributed by atoms with E-state index in [2.05, 4.69) is 62.4 Å². The molecule has 0 aromatic heterocycles. The van der Waals surface area contributed by atoms with Crippen LogP contribution in [0.25, 0.3) is 0 Å². The van der Waals surface area contributed by atoms with Crippen LogP contribution < -0.4 is 0 Å². The quantitative estimate of drug-likeness (QED) is 0.801. The Hall–Kier alpha value is -1.60. The summed E-state index contributed by atoms with van der Waals surface area (Å²) in [5, 5.41) is 10.3. The van der Waals surface area contributed by atoms with Crippen LogP contribution in [-0.2, 0) is 6.42 Å². The Morgan fingerprint density at radius 3 is 2.10 bits per heavy atom. The van der Waals surface area contributed by atoms with Gasteiger partial charge in [0.15, 0.2) is 0 Å². The molecule has 0 aliphatic heterocycles. The third-order valence-electron chi connectivity index (χ3n) is 3.86. The second-order valence-electron chi connectivity index (χ2n) is 5.61. The number of hydrogen-bond donors (Lipinski definition) is 1. The van der Waals surface area contributed by atoms with Crippen molar-refractivity contribution in [3.8, 4) is 0 Å².